The molecule has 2 N–H and O–H groups in total. The Kier molecular flexibility index (Phi) is 3.98. The van der Waals surface area contributed by atoms with Gasteiger partial charge in [0.2, 0.25) is 0 Å². The van der Waals surface area contributed by atoms with Crippen LogP contribution >= 0.6 is 0 Å². The largest absolute Gasteiger partial charge is 0.478 e. The van der Waals surface area contributed by atoms with Gasteiger partial charge in [0.25, 0.3) is 0 Å². The Morgan fingerprint density at radius 3 is 2.35 bits per heavy atom. The molecule has 1 unspecified atom stereocenters. The number of hydrogen-bond acceptors (Lipinski definition) is 2. The molecule has 104 valence electrons. The molecular weight excluding hydrogens is 264 g/mol. The summed E-state index contributed by atoms with van der Waals surface area (Å²) in [6, 6.07) is 9.16. The van der Waals surface area contributed by atoms with E-state index in [4.69, 9.17) is 5.11 Å². The van der Waals surface area contributed by atoms with E-state index in [0.29, 0.717) is 11.3 Å². The minimum absolute atomic E-state index is 0.177. The van der Waals surface area contributed by atoms with Crippen LogP contribution in [0.4, 0.5) is 14.5 Å². The molecule has 2 rings (SSSR count). The standard InChI is InChI=1S/C15H13F2NO2/c1-9(13-7-4-11(16)8-14(13)17)18-12-5-2-10(3-6-12)15(19)20/h2-9,18H,1H3,(H,19,20). The van der Waals surface area contributed by atoms with Crippen LogP contribution in [0.25, 0.3) is 0 Å². The van der Waals surface area contributed by atoms with Crippen molar-refractivity contribution < 1.29 is 18.7 Å². The molecule has 0 amide bonds. The topological polar surface area (TPSA) is 49.3 Å². The number of benzene rings is 2. The summed E-state index contributed by atoms with van der Waals surface area (Å²) in [5, 5.41) is 11.8. The zero-order chi connectivity index (χ0) is 14.7. The molecule has 0 saturated carbocycles. The maximum atomic E-state index is 13.6. The van der Waals surface area contributed by atoms with Crippen molar-refractivity contribution >= 4 is 11.7 Å². The first-order valence-corrected chi connectivity index (χ1v) is 6.02. The summed E-state index contributed by atoms with van der Waals surface area (Å²) in [4.78, 5) is 10.7. The summed E-state index contributed by atoms with van der Waals surface area (Å²) in [6.45, 7) is 1.74. The van der Waals surface area contributed by atoms with Gasteiger partial charge in [-0.2, -0.15) is 0 Å². The second kappa shape index (κ2) is 5.69. The molecule has 0 spiro atoms. The van der Waals surface area contributed by atoms with E-state index in [-0.39, 0.29) is 11.6 Å². The fraction of sp³-hybridized carbons (Fsp3) is 0.133. The minimum atomic E-state index is -1.01. The number of nitrogens with one attached hydrogen (secondary N) is 1. The average Bonchev–Trinajstić information content (AvgIpc) is 2.39. The van der Waals surface area contributed by atoms with Gasteiger partial charge >= 0.3 is 5.97 Å². The third-order valence-corrected chi connectivity index (χ3v) is 2.94. The number of carboxylic acids is 1. The maximum Gasteiger partial charge on any atom is 0.335 e. The SMILES string of the molecule is CC(Nc1ccc(C(=O)O)cc1)c1ccc(F)cc1F. The second-order valence-electron chi connectivity index (χ2n) is 4.41. The summed E-state index contributed by atoms with van der Waals surface area (Å²) >= 11 is 0. The predicted octanol–water partition coefficient (Wildman–Crippen LogP) is 3.84. The summed E-state index contributed by atoms with van der Waals surface area (Å²) in [5.41, 5.74) is 1.18. The monoisotopic (exact) mass is 277 g/mol. The highest BCUT2D eigenvalue weighted by Gasteiger charge is 2.12. The van der Waals surface area contributed by atoms with Gasteiger partial charge in [0.15, 0.2) is 0 Å². The number of rotatable bonds is 4. The first-order chi connectivity index (χ1) is 9.47. The van der Waals surface area contributed by atoms with Crippen LogP contribution in [0.3, 0.4) is 0 Å². The van der Waals surface area contributed by atoms with Crippen molar-refractivity contribution in [2.75, 3.05) is 5.32 Å². The van der Waals surface area contributed by atoms with Gasteiger partial charge in [-0.05, 0) is 37.3 Å². The first-order valence-electron chi connectivity index (χ1n) is 6.02. The summed E-state index contributed by atoms with van der Waals surface area (Å²) in [5.74, 6) is -2.24. The molecule has 0 aromatic heterocycles. The van der Waals surface area contributed by atoms with E-state index in [0.717, 1.165) is 6.07 Å². The van der Waals surface area contributed by atoms with Crippen molar-refractivity contribution in [3.05, 3.63) is 65.2 Å². The van der Waals surface area contributed by atoms with Crippen LogP contribution in [-0.2, 0) is 0 Å². The molecular formula is C15H13F2NO2. The van der Waals surface area contributed by atoms with Crippen molar-refractivity contribution in [3.63, 3.8) is 0 Å². The Morgan fingerprint density at radius 1 is 1.15 bits per heavy atom. The molecule has 0 saturated heterocycles. The third kappa shape index (κ3) is 3.12. The smallest absolute Gasteiger partial charge is 0.335 e. The molecule has 2 aromatic carbocycles. The van der Waals surface area contributed by atoms with Crippen LogP contribution in [0.1, 0.15) is 28.9 Å². The van der Waals surface area contributed by atoms with Crippen molar-refractivity contribution in [2.45, 2.75) is 13.0 Å². The minimum Gasteiger partial charge on any atom is -0.478 e. The Bertz CT molecular complexity index is 626. The lowest BCUT2D eigenvalue weighted by Crippen LogP contribution is -2.09. The number of carbonyl (C=O) groups is 1. The summed E-state index contributed by atoms with van der Waals surface area (Å²) in [6.07, 6.45) is 0. The number of halogens is 2. The molecule has 0 fully saturated rings. The Balaban J connectivity index is 2.14. The molecule has 0 radical (unpaired) electrons. The summed E-state index contributed by atoms with van der Waals surface area (Å²) < 4.78 is 26.5. The highest BCUT2D eigenvalue weighted by Crippen LogP contribution is 2.22. The zero-order valence-electron chi connectivity index (χ0n) is 10.7. The Morgan fingerprint density at radius 2 is 1.80 bits per heavy atom. The lowest BCUT2D eigenvalue weighted by Gasteiger charge is -2.16. The van der Waals surface area contributed by atoms with E-state index in [1.807, 2.05) is 0 Å². The van der Waals surface area contributed by atoms with Crippen LogP contribution in [0.15, 0.2) is 42.5 Å². The molecule has 0 aliphatic rings. The molecule has 0 aliphatic carbocycles. The molecule has 1 atom stereocenters. The number of aromatic carboxylic acids is 1. The molecule has 2 aromatic rings. The van der Waals surface area contributed by atoms with Gasteiger partial charge in [0.1, 0.15) is 11.6 Å². The van der Waals surface area contributed by atoms with E-state index in [1.54, 1.807) is 19.1 Å². The molecule has 0 bridgehead atoms. The quantitative estimate of drug-likeness (QED) is 0.892. The third-order valence-electron chi connectivity index (χ3n) is 2.94. The van der Waals surface area contributed by atoms with Gasteiger partial charge in [-0.15, -0.1) is 0 Å². The van der Waals surface area contributed by atoms with Crippen LogP contribution in [0.2, 0.25) is 0 Å². The Hall–Kier alpha value is -2.43. The second-order valence-corrected chi connectivity index (χ2v) is 4.41. The van der Waals surface area contributed by atoms with Gasteiger partial charge in [-0.1, -0.05) is 6.07 Å². The zero-order valence-corrected chi connectivity index (χ0v) is 10.7. The van der Waals surface area contributed by atoms with Crippen molar-refractivity contribution in [1.82, 2.24) is 0 Å². The van der Waals surface area contributed by atoms with E-state index in [2.05, 4.69) is 5.32 Å². The van der Waals surface area contributed by atoms with E-state index in [9.17, 15) is 13.6 Å². The molecule has 20 heavy (non-hydrogen) atoms. The normalized spacial score (nSPS) is 11.9. The molecule has 5 heteroatoms. The lowest BCUT2D eigenvalue weighted by molar-refractivity contribution is 0.0697. The van der Waals surface area contributed by atoms with Gasteiger partial charge in [-0.25, -0.2) is 13.6 Å². The highest BCUT2D eigenvalue weighted by atomic mass is 19.1. The van der Waals surface area contributed by atoms with Crippen LogP contribution in [0.5, 0.6) is 0 Å². The fourth-order valence-electron chi connectivity index (χ4n) is 1.89. The van der Waals surface area contributed by atoms with Crippen molar-refractivity contribution in [2.24, 2.45) is 0 Å². The van der Waals surface area contributed by atoms with E-state index < -0.39 is 17.6 Å². The lowest BCUT2D eigenvalue weighted by atomic mass is 10.1. The van der Waals surface area contributed by atoms with Crippen LogP contribution < -0.4 is 5.32 Å². The van der Waals surface area contributed by atoms with Gasteiger partial charge in [0.05, 0.1) is 11.6 Å². The maximum absolute atomic E-state index is 13.6. The van der Waals surface area contributed by atoms with Crippen LogP contribution in [0, 0.1) is 11.6 Å². The highest BCUT2D eigenvalue weighted by molar-refractivity contribution is 5.88. The molecule has 0 aliphatic heterocycles. The van der Waals surface area contributed by atoms with E-state index in [1.165, 1.54) is 24.3 Å². The number of hydrogen-bond donors (Lipinski definition) is 2. The van der Waals surface area contributed by atoms with Gasteiger partial charge < -0.3 is 10.4 Å². The van der Waals surface area contributed by atoms with Crippen molar-refractivity contribution in [3.8, 4) is 0 Å². The molecule has 3 nitrogen and oxygen atoms in total. The van der Waals surface area contributed by atoms with Gasteiger partial charge in [0, 0.05) is 17.3 Å². The molecule has 0 heterocycles. The fourth-order valence-corrected chi connectivity index (χ4v) is 1.89. The Labute approximate surface area is 114 Å². The van der Waals surface area contributed by atoms with Crippen LogP contribution in [-0.4, -0.2) is 11.1 Å². The average molecular weight is 277 g/mol. The van der Waals surface area contributed by atoms with E-state index >= 15 is 0 Å². The predicted molar refractivity (Wildman–Crippen MR) is 71.8 cm³/mol. The number of anilines is 1. The number of carboxylic acid groups (broad SMARTS) is 1. The van der Waals surface area contributed by atoms with Crippen molar-refractivity contribution in [1.29, 1.82) is 0 Å². The first kappa shape index (κ1) is 14.0. The van der Waals surface area contributed by atoms with Gasteiger partial charge in [-0.3, -0.25) is 0 Å². The summed E-state index contributed by atoms with van der Waals surface area (Å²) in [7, 11) is 0.